The van der Waals surface area contributed by atoms with Crippen molar-refractivity contribution in [1.82, 2.24) is 9.80 Å². The van der Waals surface area contributed by atoms with Gasteiger partial charge in [0.2, 0.25) is 0 Å². The van der Waals surface area contributed by atoms with Crippen molar-refractivity contribution >= 4 is 12.1 Å². The van der Waals surface area contributed by atoms with Crippen molar-refractivity contribution in [2.24, 2.45) is 10.7 Å². The van der Waals surface area contributed by atoms with Gasteiger partial charge in [0.05, 0.1) is 0 Å². The van der Waals surface area contributed by atoms with Crippen molar-refractivity contribution in [3.8, 4) is 0 Å². The van der Waals surface area contributed by atoms with Gasteiger partial charge in [-0.25, -0.2) is 9.79 Å². The van der Waals surface area contributed by atoms with E-state index >= 15 is 0 Å². The normalized spacial score (nSPS) is 12.7. The van der Waals surface area contributed by atoms with Crippen LogP contribution in [0.15, 0.2) is 28.6 Å². The maximum atomic E-state index is 11.4. The van der Waals surface area contributed by atoms with E-state index in [9.17, 15) is 4.79 Å². The Bertz CT molecular complexity index is 395. The maximum Gasteiger partial charge on any atom is 0.414 e. The third kappa shape index (κ3) is 4.90. The minimum atomic E-state index is -0.475. The van der Waals surface area contributed by atoms with Gasteiger partial charge >= 0.3 is 6.09 Å². The number of allylic oxidation sites excluding steroid dienone is 2. The van der Waals surface area contributed by atoms with Crippen LogP contribution >= 0.6 is 0 Å². The minimum Gasteiger partial charge on any atom is -0.411 e. The highest BCUT2D eigenvalue weighted by Crippen LogP contribution is 2.15. The smallest absolute Gasteiger partial charge is 0.411 e. The Morgan fingerprint density at radius 2 is 1.67 bits per heavy atom. The van der Waals surface area contributed by atoms with Gasteiger partial charge in [-0.05, 0) is 13.8 Å². The fraction of sp³-hybridized carbons (Fsp3) is 0.500. The lowest BCUT2D eigenvalue weighted by Crippen LogP contribution is -2.30. The van der Waals surface area contributed by atoms with Crippen LogP contribution in [0.4, 0.5) is 4.79 Å². The SMILES string of the molecule is C=C(OC(=O)N(C)C)/C(C)=C(C)\N=C(/N)N(C)C. The first-order valence-electron chi connectivity index (χ1n) is 5.44. The Balaban J connectivity index is 4.91. The molecule has 0 aromatic carbocycles. The Hall–Kier alpha value is -1.98. The van der Waals surface area contributed by atoms with E-state index < -0.39 is 6.09 Å². The van der Waals surface area contributed by atoms with Gasteiger partial charge in [0, 0.05) is 39.5 Å². The highest BCUT2D eigenvalue weighted by molar-refractivity contribution is 5.78. The van der Waals surface area contributed by atoms with Gasteiger partial charge in [-0.2, -0.15) is 0 Å². The summed E-state index contributed by atoms with van der Waals surface area (Å²) < 4.78 is 5.05. The van der Waals surface area contributed by atoms with Crippen LogP contribution in [0, 0.1) is 0 Å². The van der Waals surface area contributed by atoms with Crippen molar-refractivity contribution in [3.05, 3.63) is 23.6 Å². The van der Waals surface area contributed by atoms with Crippen molar-refractivity contribution in [2.45, 2.75) is 13.8 Å². The molecule has 0 aliphatic rings. The van der Waals surface area contributed by atoms with Crippen LogP contribution < -0.4 is 5.73 Å². The summed E-state index contributed by atoms with van der Waals surface area (Å²) in [6.07, 6.45) is -0.475. The molecule has 0 saturated carbocycles. The Morgan fingerprint density at radius 1 is 1.17 bits per heavy atom. The predicted molar refractivity (Wildman–Crippen MR) is 73.0 cm³/mol. The van der Waals surface area contributed by atoms with E-state index in [1.54, 1.807) is 46.9 Å². The molecule has 0 radical (unpaired) electrons. The molecule has 0 aromatic heterocycles. The van der Waals surface area contributed by atoms with Gasteiger partial charge in [-0.15, -0.1) is 0 Å². The molecule has 0 bridgehead atoms. The molecule has 0 aliphatic heterocycles. The van der Waals surface area contributed by atoms with E-state index in [1.165, 1.54) is 4.90 Å². The number of nitrogens with zero attached hydrogens (tertiary/aromatic N) is 3. The average molecular weight is 254 g/mol. The highest BCUT2D eigenvalue weighted by Gasteiger charge is 2.10. The zero-order chi connectivity index (χ0) is 14.5. The number of guanidine groups is 1. The van der Waals surface area contributed by atoms with E-state index in [2.05, 4.69) is 11.6 Å². The first kappa shape index (κ1) is 16.0. The second kappa shape index (κ2) is 6.68. The molecule has 0 rings (SSSR count). The predicted octanol–water partition coefficient (Wildman–Crippen LogP) is 1.37. The van der Waals surface area contributed by atoms with Gasteiger partial charge in [-0.3, -0.25) is 0 Å². The van der Waals surface area contributed by atoms with E-state index in [1.807, 2.05) is 0 Å². The van der Waals surface area contributed by atoms with Gasteiger partial charge in [0.15, 0.2) is 5.96 Å². The molecule has 6 heteroatoms. The van der Waals surface area contributed by atoms with Crippen LogP contribution in [0.3, 0.4) is 0 Å². The molecule has 0 aromatic rings. The number of hydrogen-bond acceptors (Lipinski definition) is 3. The topological polar surface area (TPSA) is 71.2 Å². The Labute approximate surface area is 108 Å². The first-order chi connectivity index (χ1) is 8.16. The number of carbonyl (C=O) groups excluding carboxylic acids is 1. The van der Waals surface area contributed by atoms with Crippen LogP contribution in [0.25, 0.3) is 0 Å². The third-order valence-electron chi connectivity index (χ3n) is 2.28. The van der Waals surface area contributed by atoms with E-state index in [4.69, 9.17) is 10.5 Å². The molecule has 0 fully saturated rings. The zero-order valence-electron chi connectivity index (χ0n) is 11.9. The second-order valence-electron chi connectivity index (χ2n) is 4.26. The van der Waals surface area contributed by atoms with Crippen LogP contribution in [-0.4, -0.2) is 50.0 Å². The van der Waals surface area contributed by atoms with Gasteiger partial charge in [0.25, 0.3) is 0 Å². The third-order valence-corrected chi connectivity index (χ3v) is 2.28. The number of carbonyl (C=O) groups is 1. The molecular formula is C12H22N4O2. The van der Waals surface area contributed by atoms with Gasteiger partial charge in [0.1, 0.15) is 5.76 Å². The van der Waals surface area contributed by atoms with Crippen molar-refractivity contribution in [1.29, 1.82) is 0 Å². The van der Waals surface area contributed by atoms with E-state index in [0.29, 0.717) is 17.2 Å². The lowest BCUT2D eigenvalue weighted by atomic mass is 10.2. The molecule has 1 amide bonds. The standard InChI is InChI=1S/C12H22N4O2/c1-8(9(2)14-11(13)15(4)5)10(3)18-12(17)16(6)7/h3H2,1-2,4-7H3,(H2,13,14)/b9-8-. The molecule has 0 spiro atoms. The molecule has 0 unspecified atom stereocenters. The largest absolute Gasteiger partial charge is 0.414 e. The fourth-order valence-electron chi connectivity index (χ4n) is 0.831. The quantitative estimate of drug-likeness (QED) is 0.357. The number of hydrogen-bond donors (Lipinski definition) is 1. The summed E-state index contributed by atoms with van der Waals surface area (Å²) in [4.78, 5) is 18.6. The number of ether oxygens (including phenoxy) is 1. The van der Waals surface area contributed by atoms with Gasteiger partial charge < -0.3 is 20.3 Å². The monoisotopic (exact) mass is 254 g/mol. The minimum absolute atomic E-state index is 0.265. The molecular weight excluding hydrogens is 232 g/mol. The summed E-state index contributed by atoms with van der Waals surface area (Å²) in [5.41, 5.74) is 7.03. The highest BCUT2D eigenvalue weighted by atomic mass is 16.6. The maximum absolute atomic E-state index is 11.4. The van der Waals surface area contributed by atoms with Crippen LogP contribution in [0.1, 0.15) is 13.8 Å². The Morgan fingerprint density at radius 3 is 2.06 bits per heavy atom. The zero-order valence-corrected chi connectivity index (χ0v) is 11.9. The molecule has 102 valence electrons. The summed E-state index contributed by atoms with van der Waals surface area (Å²) in [6.45, 7) is 7.25. The molecule has 0 atom stereocenters. The number of amides is 1. The van der Waals surface area contributed by atoms with Crippen LogP contribution in [0.5, 0.6) is 0 Å². The number of nitrogens with two attached hydrogens (primary N) is 1. The Kier molecular flexibility index (Phi) is 5.95. The number of rotatable bonds is 3. The molecule has 18 heavy (non-hydrogen) atoms. The lowest BCUT2D eigenvalue weighted by Gasteiger charge is -2.14. The molecule has 0 heterocycles. The van der Waals surface area contributed by atoms with E-state index in [0.717, 1.165) is 0 Å². The van der Waals surface area contributed by atoms with Crippen molar-refractivity contribution in [3.63, 3.8) is 0 Å². The lowest BCUT2D eigenvalue weighted by molar-refractivity contribution is 0.149. The van der Waals surface area contributed by atoms with E-state index in [-0.39, 0.29) is 5.76 Å². The first-order valence-corrected chi connectivity index (χ1v) is 5.44. The average Bonchev–Trinajstić information content (AvgIpc) is 2.27. The number of aliphatic imine (C=N–C) groups is 1. The summed E-state index contributed by atoms with van der Waals surface area (Å²) in [5, 5.41) is 0. The summed E-state index contributed by atoms with van der Waals surface area (Å²) in [6, 6.07) is 0. The second-order valence-corrected chi connectivity index (χ2v) is 4.26. The molecule has 2 N–H and O–H groups in total. The molecule has 6 nitrogen and oxygen atoms in total. The van der Waals surface area contributed by atoms with Crippen molar-refractivity contribution < 1.29 is 9.53 Å². The van der Waals surface area contributed by atoms with Gasteiger partial charge in [-0.1, -0.05) is 6.58 Å². The van der Waals surface area contributed by atoms with Crippen LogP contribution in [-0.2, 0) is 4.74 Å². The summed E-state index contributed by atoms with van der Waals surface area (Å²) in [5.74, 6) is 0.639. The van der Waals surface area contributed by atoms with Crippen LogP contribution in [0.2, 0.25) is 0 Å². The molecule has 0 aliphatic carbocycles. The van der Waals surface area contributed by atoms with Crippen molar-refractivity contribution in [2.75, 3.05) is 28.2 Å². The molecule has 0 saturated heterocycles. The summed E-state index contributed by atoms with van der Waals surface area (Å²) in [7, 11) is 6.79. The summed E-state index contributed by atoms with van der Waals surface area (Å²) >= 11 is 0. The fourth-order valence-corrected chi connectivity index (χ4v) is 0.831.